The van der Waals surface area contributed by atoms with Crippen LogP contribution in [0.4, 0.5) is 0 Å². The normalized spacial score (nSPS) is 14.8. The topological polar surface area (TPSA) is 189 Å². The number of rotatable bonds is 51. The predicted molar refractivity (Wildman–Crippen MR) is 333 cm³/mol. The van der Waals surface area contributed by atoms with Crippen LogP contribution in [0.3, 0.4) is 0 Å². The fraction of sp³-hybridized carbons (Fsp3) is 0.926. The van der Waals surface area contributed by atoms with E-state index in [9.17, 15) is 24.0 Å². The number of carboxylic acid groups (broad SMARTS) is 1. The van der Waals surface area contributed by atoms with Gasteiger partial charge < -0.3 is 44.1 Å². The molecule has 0 amide bonds. The third kappa shape index (κ3) is 48.4. The number of carbonyl (C=O) groups excluding carboxylic acids is 4. The Morgan fingerprint density at radius 2 is 0.622 bits per heavy atom. The first-order valence-electron chi connectivity index (χ1n) is 34.3. The van der Waals surface area contributed by atoms with E-state index in [2.05, 4.69) is 9.80 Å². The smallest absolute Gasteiger partial charge is 0.308 e. The van der Waals surface area contributed by atoms with Gasteiger partial charge in [-0.25, -0.2) is 0 Å². The minimum atomic E-state index is -0.609. The summed E-state index contributed by atoms with van der Waals surface area (Å²) in [4.78, 5) is 63.1. The maximum atomic E-state index is 12.5. The SMILES string of the molecule is CN(C)CCCC(=O)OC(CCCCCCCCCO)CCCCCCCCCO.CN(C)CCCC(=O)OC(CCCCCCCCCOC(=O)C1CCCC1)CCCCCCCCCOC(=O)C1CCCC1.O=C(O)C1CCCC1. The maximum absolute atomic E-state index is 12.5. The van der Waals surface area contributed by atoms with Gasteiger partial charge in [0.25, 0.3) is 0 Å². The molecule has 0 spiro atoms. The predicted octanol–water partition coefficient (Wildman–Crippen LogP) is 15.7. The second-order valence-electron chi connectivity index (χ2n) is 25.2. The summed E-state index contributed by atoms with van der Waals surface area (Å²) < 4.78 is 22.7. The molecular formula is C68H128N2O12. The highest BCUT2D eigenvalue weighted by Gasteiger charge is 2.25. The monoisotopic (exact) mass is 1160 g/mol. The molecule has 0 bridgehead atoms. The molecular weight excluding hydrogens is 1040 g/mol. The summed E-state index contributed by atoms with van der Waals surface area (Å²) in [7, 11) is 8.13. The van der Waals surface area contributed by atoms with Crippen molar-refractivity contribution in [2.75, 3.05) is 67.7 Å². The first kappa shape index (κ1) is 77.2. The van der Waals surface area contributed by atoms with E-state index in [1.807, 2.05) is 28.2 Å². The number of nitrogens with zero attached hydrogens (tertiary/aromatic N) is 2. The first-order valence-corrected chi connectivity index (χ1v) is 34.3. The maximum Gasteiger partial charge on any atom is 0.308 e. The molecule has 0 aromatic heterocycles. The average Bonchev–Trinajstić information content (AvgIpc) is 4.31. The fourth-order valence-corrected chi connectivity index (χ4v) is 11.6. The van der Waals surface area contributed by atoms with E-state index in [0.717, 1.165) is 180 Å². The van der Waals surface area contributed by atoms with E-state index in [4.69, 9.17) is 34.3 Å². The number of ether oxygens (including phenoxy) is 4. The lowest BCUT2D eigenvalue weighted by Gasteiger charge is -2.18. The van der Waals surface area contributed by atoms with Gasteiger partial charge in [0.2, 0.25) is 0 Å². The number of aliphatic hydroxyl groups is 2. The van der Waals surface area contributed by atoms with Gasteiger partial charge in [-0.15, -0.1) is 0 Å². The molecule has 0 heterocycles. The van der Waals surface area contributed by atoms with Crippen molar-refractivity contribution in [3.8, 4) is 0 Å². The Morgan fingerprint density at radius 3 is 0.878 bits per heavy atom. The number of esters is 4. The van der Waals surface area contributed by atoms with Crippen molar-refractivity contribution in [1.82, 2.24) is 9.80 Å². The Morgan fingerprint density at radius 1 is 0.366 bits per heavy atom. The minimum Gasteiger partial charge on any atom is -0.481 e. The number of unbranched alkanes of at least 4 members (excludes halogenated alkanes) is 24. The van der Waals surface area contributed by atoms with E-state index in [1.165, 1.54) is 128 Å². The van der Waals surface area contributed by atoms with Crippen LogP contribution in [0.15, 0.2) is 0 Å². The summed E-state index contributed by atoms with van der Waals surface area (Å²) in [6.45, 7) is 3.61. The van der Waals surface area contributed by atoms with Crippen LogP contribution >= 0.6 is 0 Å². The number of hydrogen-bond acceptors (Lipinski definition) is 13. The average molecular weight is 1170 g/mol. The van der Waals surface area contributed by atoms with Crippen molar-refractivity contribution in [2.24, 2.45) is 17.8 Å². The van der Waals surface area contributed by atoms with Gasteiger partial charge in [0.1, 0.15) is 12.2 Å². The molecule has 14 nitrogen and oxygen atoms in total. The van der Waals surface area contributed by atoms with Crippen molar-refractivity contribution >= 4 is 29.8 Å². The molecule has 0 aromatic rings. The molecule has 0 aromatic carbocycles. The van der Waals surface area contributed by atoms with E-state index in [-0.39, 0.29) is 53.8 Å². The first-order chi connectivity index (χ1) is 39.9. The molecule has 0 atom stereocenters. The molecule has 482 valence electrons. The van der Waals surface area contributed by atoms with Crippen LogP contribution in [0.5, 0.6) is 0 Å². The second kappa shape index (κ2) is 56.0. The van der Waals surface area contributed by atoms with Crippen molar-refractivity contribution in [2.45, 2.75) is 320 Å². The number of carbonyl (C=O) groups is 5. The highest BCUT2D eigenvalue weighted by Crippen LogP contribution is 2.28. The molecule has 0 radical (unpaired) electrons. The van der Waals surface area contributed by atoms with Crippen LogP contribution in [-0.2, 0) is 42.9 Å². The van der Waals surface area contributed by atoms with E-state index < -0.39 is 5.97 Å². The molecule has 82 heavy (non-hydrogen) atoms. The van der Waals surface area contributed by atoms with E-state index in [1.54, 1.807) is 0 Å². The zero-order chi connectivity index (χ0) is 59.9. The molecule has 0 unspecified atom stereocenters. The molecule has 3 fully saturated rings. The van der Waals surface area contributed by atoms with Crippen LogP contribution in [0, 0.1) is 17.8 Å². The van der Waals surface area contributed by atoms with Gasteiger partial charge >= 0.3 is 29.8 Å². The lowest BCUT2D eigenvalue weighted by molar-refractivity contribution is -0.151. The molecule has 3 aliphatic carbocycles. The van der Waals surface area contributed by atoms with Gasteiger partial charge in [0.15, 0.2) is 0 Å². The summed E-state index contributed by atoms with van der Waals surface area (Å²) in [6, 6.07) is 0. The van der Waals surface area contributed by atoms with E-state index >= 15 is 0 Å². The molecule has 3 rings (SSSR count). The molecule has 3 saturated carbocycles. The van der Waals surface area contributed by atoms with Crippen LogP contribution in [0.2, 0.25) is 0 Å². The fourth-order valence-electron chi connectivity index (χ4n) is 11.6. The van der Waals surface area contributed by atoms with Gasteiger partial charge in [-0.2, -0.15) is 0 Å². The zero-order valence-corrected chi connectivity index (χ0v) is 53.5. The summed E-state index contributed by atoms with van der Waals surface area (Å²) >= 11 is 0. The Hall–Kier alpha value is -2.81. The lowest BCUT2D eigenvalue weighted by atomic mass is 10.0. The van der Waals surface area contributed by atoms with Gasteiger partial charge in [0.05, 0.1) is 31.0 Å². The van der Waals surface area contributed by atoms with Gasteiger partial charge in [-0.05, 0) is 170 Å². The third-order valence-electron chi connectivity index (χ3n) is 16.8. The zero-order valence-electron chi connectivity index (χ0n) is 53.5. The highest BCUT2D eigenvalue weighted by molar-refractivity contribution is 5.73. The summed E-state index contributed by atoms with van der Waals surface area (Å²) in [6.07, 6.45) is 51.7. The van der Waals surface area contributed by atoms with Crippen molar-refractivity contribution in [3.63, 3.8) is 0 Å². The van der Waals surface area contributed by atoms with Gasteiger partial charge in [-0.1, -0.05) is 167 Å². The van der Waals surface area contributed by atoms with Crippen molar-refractivity contribution in [1.29, 1.82) is 0 Å². The Balaban J connectivity index is 0.000000759. The molecule has 0 aliphatic heterocycles. The highest BCUT2D eigenvalue weighted by atomic mass is 16.6. The van der Waals surface area contributed by atoms with Gasteiger partial charge in [0, 0.05) is 26.1 Å². The minimum absolute atomic E-state index is 0.0185. The number of hydrogen-bond donors (Lipinski definition) is 3. The molecule has 3 N–H and O–H groups in total. The van der Waals surface area contributed by atoms with Crippen LogP contribution in [0.25, 0.3) is 0 Å². The Kier molecular flexibility index (Phi) is 52.7. The van der Waals surface area contributed by atoms with Crippen molar-refractivity contribution < 1.29 is 58.2 Å². The molecule has 3 aliphatic rings. The quantitative estimate of drug-likeness (QED) is 0.0296. The van der Waals surface area contributed by atoms with E-state index in [0.29, 0.717) is 39.3 Å². The number of aliphatic carboxylic acids is 1. The Labute approximate surface area is 501 Å². The summed E-state index contributed by atoms with van der Waals surface area (Å²) in [5, 5.41) is 26.1. The van der Waals surface area contributed by atoms with Crippen molar-refractivity contribution in [3.05, 3.63) is 0 Å². The van der Waals surface area contributed by atoms with Crippen LogP contribution in [-0.4, -0.2) is 135 Å². The Bertz CT molecular complexity index is 1430. The molecule has 0 saturated heterocycles. The van der Waals surface area contributed by atoms with Gasteiger partial charge in [-0.3, -0.25) is 24.0 Å². The van der Waals surface area contributed by atoms with Crippen LogP contribution < -0.4 is 0 Å². The summed E-state index contributed by atoms with van der Waals surface area (Å²) in [5.74, 6) is -0.317. The summed E-state index contributed by atoms with van der Waals surface area (Å²) in [5.41, 5.74) is 0. The standard InChI is InChI=1S/C37H67NO6.C25H51NO4.C6H10O2/c1-38(2)29-21-28-35(39)44-34(26-13-9-5-3-7-11-19-30-42-36(40)32-22-15-16-23-32)27-14-10-6-4-8-12-20-31-43-37(41)33-24-17-18-25-33;1-26(2)21-17-20-25(29)30-24(18-13-9-5-3-7-11-15-22-27)19-14-10-6-4-8-12-16-23-28;7-6(8)5-3-1-2-4-5/h32-34H,3-31H2,1-2H3;24,27-28H,3-23H2,1-2H3;5H,1-4H2,(H,7,8). The largest absolute Gasteiger partial charge is 0.481 e. The van der Waals surface area contributed by atoms with Crippen LogP contribution in [0.1, 0.15) is 308 Å². The third-order valence-corrected chi connectivity index (χ3v) is 16.8. The number of aliphatic hydroxyl groups excluding tert-OH is 2. The lowest BCUT2D eigenvalue weighted by Crippen LogP contribution is -2.20. The number of carboxylic acids is 1. The molecule has 14 heteroatoms. The second-order valence-corrected chi connectivity index (χ2v) is 25.2.